The first-order valence-electron chi connectivity index (χ1n) is 5.40. The Kier molecular flexibility index (Phi) is 3.55. The molecule has 0 aliphatic rings. The van der Waals surface area contributed by atoms with E-state index in [1.807, 2.05) is 31.3 Å². The molecule has 0 atom stereocenters. The Morgan fingerprint density at radius 3 is 2.47 bits per heavy atom. The number of nitrogens with zero attached hydrogens (tertiary/aromatic N) is 1. The van der Waals surface area contributed by atoms with Gasteiger partial charge in [-0.05, 0) is 29.8 Å². The molecule has 2 rings (SSSR count). The van der Waals surface area contributed by atoms with Gasteiger partial charge in [-0.25, -0.2) is 0 Å². The molecule has 0 unspecified atom stereocenters. The minimum absolute atomic E-state index is 0.123. The molecule has 0 fully saturated rings. The molecule has 1 N–H and O–H groups in total. The second-order valence-electron chi connectivity index (χ2n) is 3.98. The highest BCUT2D eigenvalue weighted by molar-refractivity contribution is 6.32. The quantitative estimate of drug-likeness (QED) is 0.894. The number of hydrogen-bond donors (Lipinski definition) is 1. The average molecular weight is 248 g/mol. The molecule has 0 aromatic heterocycles. The lowest BCUT2D eigenvalue weighted by molar-refractivity contribution is 0.475. The number of benzene rings is 2. The van der Waals surface area contributed by atoms with E-state index in [-0.39, 0.29) is 5.75 Å². The SMILES string of the molecule is CN(Cc1ccc(O)c(Cl)c1)c1ccccc1. The van der Waals surface area contributed by atoms with Crippen LogP contribution in [0.2, 0.25) is 5.02 Å². The molecular formula is C14H14ClNO. The van der Waals surface area contributed by atoms with E-state index in [4.69, 9.17) is 11.6 Å². The summed E-state index contributed by atoms with van der Waals surface area (Å²) in [4.78, 5) is 2.13. The van der Waals surface area contributed by atoms with Crippen LogP contribution in [0.1, 0.15) is 5.56 Å². The maximum atomic E-state index is 9.35. The Balaban J connectivity index is 2.13. The second-order valence-corrected chi connectivity index (χ2v) is 4.38. The van der Waals surface area contributed by atoms with Crippen LogP contribution in [0.5, 0.6) is 5.75 Å². The minimum Gasteiger partial charge on any atom is -0.506 e. The molecule has 0 radical (unpaired) electrons. The van der Waals surface area contributed by atoms with Crippen LogP contribution in [0.3, 0.4) is 0 Å². The van der Waals surface area contributed by atoms with Crippen LogP contribution in [0.4, 0.5) is 5.69 Å². The van der Waals surface area contributed by atoms with Crippen molar-refractivity contribution < 1.29 is 5.11 Å². The summed E-state index contributed by atoms with van der Waals surface area (Å²) in [6, 6.07) is 15.4. The fraction of sp³-hybridized carbons (Fsp3) is 0.143. The number of rotatable bonds is 3. The molecule has 0 spiro atoms. The van der Waals surface area contributed by atoms with E-state index in [9.17, 15) is 5.11 Å². The zero-order valence-corrected chi connectivity index (χ0v) is 10.4. The third-order valence-electron chi connectivity index (χ3n) is 2.63. The van der Waals surface area contributed by atoms with Gasteiger partial charge in [0.2, 0.25) is 0 Å². The van der Waals surface area contributed by atoms with Gasteiger partial charge < -0.3 is 10.0 Å². The summed E-state index contributed by atoms with van der Waals surface area (Å²) in [5.41, 5.74) is 2.22. The van der Waals surface area contributed by atoms with Crippen LogP contribution in [0.15, 0.2) is 48.5 Å². The van der Waals surface area contributed by atoms with Crippen molar-refractivity contribution in [1.82, 2.24) is 0 Å². The summed E-state index contributed by atoms with van der Waals surface area (Å²) in [6.45, 7) is 0.754. The molecule has 2 aromatic rings. The van der Waals surface area contributed by atoms with Crippen molar-refractivity contribution in [3.63, 3.8) is 0 Å². The first-order valence-corrected chi connectivity index (χ1v) is 5.78. The summed E-state index contributed by atoms with van der Waals surface area (Å²) in [5.74, 6) is 0.123. The van der Waals surface area contributed by atoms with E-state index >= 15 is 0 Å². The third kappa shape index (κ3) is 2.92. The highest BCUT2D eigenvalue weighted by atomic mass is 35.5. The van der Waals surface area contributed by atoms with E-state index in [1.54, 1.807) is 12.1 Å². The van der Waals surface area contributed by atoms with Crippen LogP contribution in [-0.2, 0) is 6.54 Å². The summed E-state index contributed by atoms with van der Waals surface area (Å²) in [7, 11) is 2.02. The first-order chi connectivity index (χ1) is 8.16. The Morgan fingerprint density at radius 1 is 1.12 bits per heavy atom. The summed E-state index contributed by atoms with van der Waals surface area (Å²) >= 11 is 5.87. The molecule has 0 amide bonds. The van der Waals surface area contributed by atoms with Gasteiger partial charge in [0.25, 0.3) is 0 Å². The maximum Gasteiger partial charge on any atom is 0.134 e. The number of para-hydroxylation sites is 1. The molecule has 0 saturated carbocycles. The largest absolute Gasteiger partial charge is 0.506 e. The molecule has 2 nitrogen and oxygen atoms in total. The predicted molar refractivity (Wildman–Crippen MR) is 71.7 cm³/mol. The third-order valence-corrected chi connectivity index (χ3v) is 2.93. The minimum atomic E-state index is 0.123. The van der Waals surface area contributed by atoms with Crippen LogP contribution < -0.4 is 4.90 Å². The topological polar surface area (TPSA) is 23.5 Å². The van der Waals surface area contributed by atoms with Crippen molar-refractivity contribution in [3.8, 4) is 5.75 Å². The van der Waals surface area contributed by atoms with Crippen molar-refractivity contribution in [3.05, 3.63) is 59.1 Å². The van der Waals surface area contributed by atoms with Gasteiger partial charge in [0.15, 0.2) is 0 Å². The monoisotopic (exact) mass is 247 g/mol. The highest BCUT2D eigenvalue weighted by Gasteiger charge is 2.04. The van der Waals surface area contributed by atoms with Gasteiger partial charge >= 0.3 is 0 Å². The molecule has 3 heteroatoms. The van der Waals surface area contributed by atoms with Crippen LogP contribution in [0, 0.1) is 0 Å². The molecule has 0 saturated heterocycles. The lowest BCUT2D eigenvalue weighted by Crippen LogP contribution is -2.15. The fourth-order valence-electron chi connectivity index (χ4n) is 1.70. The number of anilines is 1. The maximum absolute atomic E-state index is 9.35. The molecule has 2 aromatic carbocycles. The van der Waals surface area contributed by atoms with Gasteiger partial charge in [0.1, 0.15) is 5.75 Å². The van der Waals surface area contributed by atoms with Gasteiger partial charge in [-0.3, -0.25) is 0 Å². The molecule has 88 valence electrons. The Bertz CT molecular complexity index is 499. The van der Waals surface area contributed by atoms with Crippen molar-refractivity contribution in [2.75, 3.05) is 11.9 Å². The van der Waals surface area contributed by atoms with Crippen molar-refractivity contribution in [1.29, 1.82) is 0 Å². The summed E-state index contributed by atoms with van der Waals surface area (Å²) < 4.78 is 0. The normalized spacial score (nSPS) is 10.2. The Hall–Kier alpha value is -1.67. The summed E-state index contributed by atoms with van der Waals surface area (Å²) in [6.07, 6.45) is 0. The van der Waals surface area contributed by atoms with Gasteiger partial charge in [-0.2, -0.15) is 0 Å². The van der Waals surface area contributed by atoms with E-state index < -0.39 is 0 Å². The first kappa shape index (κ1) is 11.8. The number of phenolic OH excluding ortho intramolecular Hbond substituents is 1. The van der Waals surface area contributed by atoms with Crippen molar-refractivity contribution in [2.45, 2.75) is 6.54 Å². The zero-order valence-electron chi connectivity index (χ0n) is 9.60. The van der Waals surface area contributed by atoms with E-state index in [2.05, 4.69) is 17.0 Å². The predicted octanol–water partition coefficient (Wildman–Crippen LogP) is 3.68. The second kappa shape index (κ2) is 5.11. The molecule has 17 heavy (non-hydrogen) atoms. The van der Waals surface area contributed by atoms with Gasteiger partial charge in [0, 0.05) is 19.3 Å². The van der Waals surface area contributed by atoms with E-state index in [0.717, 1.165) is 17.8 Å². The number of phenols is 1. The van der Waals surface area contributed by atoms with Gasteiger partial charge in [-0.1, -0.05) is 35.9 Å². The lowest BCUT2D eigenvalue weighted by atomic mass is 10.2. The molecule has 0 bridgehead atoms. The van der Waals surface area contributed by atoms with Crippen LogP contribution in [0.25, 0.3) is 0 Å². The van der Waals surface area contributed by atoms with E-state index in [1.165, 1.54) is 0 Å². The van der Waals surface area contributed by atoms with E-state index in [0.29, 0.717) is 5.02 Å². The molecular weight excluding hydrogens is 234 g/mol. The highest BCUT2D eigenvalue weighted by Crippen LogP contribution is 2.25. The smallest absolute Gasteiger partial charge is 0.134 e. The van der Waals surface area contributed by atoms with Crippen LogP contribution in [-0.4, -0.2) is 12.2 Å². The van der Waals surface area contributed by atoms with Crippen molar-refractivity contribution in [2.24, 2.45) is 0 Å². The fourth-order valence-corrected chi connectivity index (χ4v) is 1.90. The summed E-state index contributed by atoms with van der Waals surface area (Å²) in [5, 5.41) is 9.74. The number of aromatic hydroxyl groups is 1. The van der Waals surface area contributed by atoms with Gasteiger partial charge in [-0.15, -0.1) is 0 Å². The molecule has 0 aliphatic heterocycles. The Morgan fingerprint density at radius 2 is 1.82 bits per heavy atom. The van der Waals surface area contributed by atoms with Crippen LogP contribution >= 0.6 is 11.6 Å². The number of halogens is 1. The van der Waals surface area contributed by atoms with Crippen molar-refractivity contribution >= 4 is 17.3 Å². The van der Waals surface area contributed by atoms with Gasteiger partial charge in [0.05, 0.1) is 5.02 Å². The average Bonchev–Trinajstić information content (AvgIpc) is 2.35. The zero-order chi connectivity index (χ0) is 12.3. The number of hydrogen-bond acceptors (Lipinski definition) is 2. The lowest BCUT2D eigenvalue weighted by Gasteiger charge is -2.19. The standard InChI is InChI=1S/C14H14ClNO/c1-16(12-5-3-2-4-6-12)10-11-7-8-14(17)13(15)9-11/h2-9,17H,10H2,1H3. The molecule has 0 aliphatic carbocycles. The molecule has 0 heterocycles. The Labute approximate surface area is 106 Å².